The Morgan fingerprint density at radius 3 is 2.62 bits per heavy atom. The Hall–Kier alpha value is -2.08. The smallest absolute Gasteiger partial charge is 0.299 e. The molecule has 3 rings (SSSR count). The summed E-state index contributed by atoms with van der Waals surface area (Å²) in [6, 6.07) is 7.93. The summed E-state index contributed by atoms with van der Waals surface area (Å²) in [5.41, 5.74) is 0.659. The van der Waals surface area contributed by atoms with Crippen LogP contribution in [-0.2, 0) is 11.3 Å². The third-order valence-electron chi connectivity index (χ3n) is 3.29. The van der Waals surface area contributed by atoms with Crippen molar-refractivity contribution >= 4 is 33.3 Å². The standard InChI is InChI=1S/C15H8BrF2NO2/c16-10-2-1-3-12-13(10)14(20)15(21)19(12)7-8-6-9(17)4-5-11(8)18/h1-6H,7H2. The van der Waals surface area contributed by atoms with Gasteiger partial charge in [0.1, 0.15) is 11.6 Å². The molecule has 0 aromatic heterocycles. The highest BCUT2D eigenvalue weighted by Gasteiger charge is 2.37. The molecule has 0 fully saturated rings. The SMILES string of the molecule is O=C1C(=O)N(Cc2cc(F)ccc2F)c2cccc(Br)c21. The number of fused-ring (bicyclic) bond motifs is 1. The Kier molecular flexibility index (Phi) is 3.33. The summed E-state index contributed by atoms with van der Waals surface area (Å²) >= 11 is 3.22. The number of Topliss-reactive ketones (excluding diaryl/α,β-unsaturated/α-hetero) is 1. The molecule has 0 radical (unpaired) electrons. The number of rotatable bonds is 2. The molecule has 0 unspecified atom stereocenters. The van der Waals surface area contributed by atoms with Crippen molar-refractivity contribution in [3.8, 4) is 0 Å². The van der Waals surface area contributed by atoms with Crippen LogP contribution in [0.4, 0.5) is 14.5 Å². The van der Waals surface area contributed by atoms with Crippen LogP contribution in [0.15, 0.2) is 40.9 Å². The van der Waals surface area contributed by atoms with Gasteiger partial charge in [-0.25, -0.2) is 8.78 Å². The average molecular weight is 352 g/mol. The van der Waals surface area contributed by atoms with Crippen LogP contribution in [0.2, 0.25) is 0 Å². The van der Waals surface area contributed by atoms with E-state index in [-0.39, 0.29) is 17.7 Å². The predicted molar refractivity (Wildman–Crippen MR) is 76.0 cm³/mol. The van der Waals surface area contributed by atoms with Gasteiger partial charge >= 0.3 is 0 Å². The first-order chi connectivity index (χ1) is 9.99. The van der Waals surface area contributed by atoms with Crippen molar-refractivity contribution in [2.45, 2.75) is 6.54 Å². The van der Waals surface area contributed by atoms with Crippen molar-refractivity contribution in [1.82, 2.24) is 0 Å². The van der Waals surface area contributed by atoms with Gasteiger partial charge in [0.05, 0.1) is 17.8 Å². The van der Waals surface area contributed by atoms with E-state index < -0.39 is 23.3 Å². The highest BCUT2D eigenvalue weighted by Crippen LogP contribution is 2.35. The summed E-state index contributed by atoms with van der Waals surface area (Å²) in [7, 11) is 0. The fourth-order valence-electron chi connectivity index (χ4n) is 2.29. The molecule has 3 nitrogen and oxygen atoms in total. The number of nitrogens with zero attached hydrogens (tertiary/aromatic N) is 1. The number of hydrogen-bond acceptors (Lipinski definition) is 2. The minimum absolute atomic E-state index is 0.0176. The van der Waals surface area contributed by atoms with Crippen molar-refractivity contribution in [2.24, 2.45) is 0 Å². The normalized spacial score (nSPS) is 13.8. The van der Waals surface area contributed by atoms with Gasteiger partial charge in [-0.2, -0.15) is 0 Å². The molecule has 1 aliphatic rings. The van der Waals surface area contributed by atoms with Crippen LogP contribution in [0.1, 0.15) is 15.9 Å². The maximum Gasteiger partial charge on any atom is 0.299 e. The van der Waals surface area contributed by atoms with E-state index >= 15 is 0 Å². The van der Waals surface area contributed by atoms with Gasteiger partial charge in [-0.15, -0.1) is 0 Å². The third kappa shape index (κ3) is 2.25. The van der Waals surface area contributed by atoms with Crippen LogP contribution < -0.4 is 4.90 Å². The summed E-state index contributed by atoms with van der Waals surface area (Å²) in [5, 5.41) is 0. The van der Waals surface area contributed by atoms with E-state index in [9.17, 15) is 18.4 Å². The number of halogens is 3. The highest BCUT2D eigenvalue weighted by molar-refractivity contribution is 9.10. The monoisotopic (exact) mass is 351 g/mol. The number of carbonyl (C=O) groups is 2. The van der Waals surface area contributed by atoms with Crippen LogP contribution in [-0.4, -0.2) is 11.7 Å². The molecule has 2 aromatic rings. The maximum absolute atomic E-state index is 13.7. The molecule has 0 N–H and O–H groups in total. The van der Waals surface area contributed by atoms with E-state index in [1.165, 1.54) is 0 Å². The Bertz CT molecular complexity index is 776. The molecular formula is C15H8BrF2NO2. The van der Waals surface area contributed by atoms with Crippen LogP contribution in [0.25, 0.3) is 0 Å². The summed E-state index contributed by atoms with van der Waals surface area (Å²) in [4.78, 5) is 25.2. The minimum atomic E-state index is -0.749. The average Bonchev–Trinajstić information content (AvgIpc) is 2.69. The van der Waals surface area contributed by atoms with E-state index in [1.54, 1.807) is 18.2 Å². The second-order valence-corrected chi connectivity index (χ2v) is 5.44. The van der Waals surface area contributed by atoms with Gasteiger partial charge in [-0.1, -0.05) is 6.07 Å². The second-order valence-electron chi connectivity index (χ2n) is 4.59. The number of amides is 1. The molecule has 2 aromatic carbocycles. The number of ketones is 1. The summed E-state index contributed by atoms with van der Waals surface area (Å²) in [6.45, 7) is -0.197. The lowest BCUT2D eigenvalue weighted by atomic mass is 10.1. The zero-order valence-electron chi connectivity index (χ0n) is 10.6. The largest absolute Gasteiger partial charge is 0.300 e. The predicted octanol–water partition coefficient (Wildman–Crippen LogP) is 3.46. The van der Waals surface area contributed by atoms with Crippen molar-refractivity contribution in [2.75, 3.05) is 4.90 Å². The van der Waals surface area contributed by atoms with Crippen molar-refractivity contribution in [1.29, 1.82) is 0 Å². The van der Waals surface area contributed by atoms with E-state index in [4.69, 9.17) is 0 Å². The van der Waals surface area contributed by atoms with Gasteiger partial charge in [0, 0.05) is 10.0 Å². The summed E-state index contributed by atoms with van der Waals surface area (Å²) < 4.78 is 27.4. The molecule has 21 heavy (non-hydrogen) atoms. The van der Waals surface area contributed by atoms with Gasteiger partial charge in [0.2, 0.25) is 0 Å². The van der Waals surface area contributed by atoms with E-state index in [0.717, 1.165) is 23.1 Å². The van der Waals surface area contributed by atoms with Crippen molar-refractivity contribution in [3.05, 3.63) is 63.6 Å². The quantitative estimate of drug-likeness (QED) is 0.777. The molecule has 6 heteroatoms. The van der Waals surface area contributed by atoms with Gasteiger partial charge in [0.25, 0.3) is 11.7 Å². The number of benzene rings is 2. The molecule has 1 heterocycles. The molecular weight excluding hydrogens is 344 g/mol. The fraction of sp³-hybridized carbons (Fsp3) is 0.0667. The minimum Gasteiger partial charge on any atom is -0.300 e. The van der Waals surface area contributed by atoms with Crippen molar-refractivity contribution in [3.63, 3.8) is 0 Å². The molecule has 0 spiro atoms. The second kappa shape index (κ2) is 5.04. The Morgan fingerprint density at radius 1 is 1.10 bits per heavy atom. The van der Waals surface area contributed by atoms with E-state index in [1.807, 2.05) is 0 Å². The Balaban J connectivity index is 2.05. The van der Waals surface area contributed by atoms with Crippen LogP contribution in [0, 0.1) is 11.6 Å². The molecule has 0 saturated heterocycles. The molecule has 1 amide bonds. The summed E-state index contributed by atoms with van der Waals surface area (Å²) in [6.07, 6.45) is 0. The molecule has 0 aliphatic carbocycles. The first kappa shape index (κ1) is 13.9. The fourth-order valence-corrected chi connectivity index (χ4v) is 2.83. The molecule has 0 bridgehead atoms. The van der Waals surface area contributed by atoms with E-state index in [0.29, 0.717) is 10.2 Å². The Morgan fingerprint density at radius 2 is 1.86 bits per heavy atom. The number of hydrogen-bond donors (Lipinski definition) is 0. The third-order valence-corrected chi connectivity index (χ3v) is 3.95. The zero-order chi connectivity index (χ0) is 15.1. The van der Waals surface area contributed by atoms with Gasteiger partial charge in [0.15, 0.2) is 0 Å². The topological polar surface area (TPSA) is 37.4 Å². The van der Waals surface area contributed by atoms with Crippen LogP contribution >= 0.6 is 15.9 Å². The van der Waals surface area contributed by atoms with Gasteiger partial charge in [-0.3, -0.25) is 9.59 Å². The number of anilines is 1. The van der Waals surface area contributed by atoms with Crippen LogP contribution in [0.5, 0.6) is 0 Å². The van der Waals surface area contributed by atoms with Crippen LogP contribution in [0.3, 0.4) is 0 Å². The lowest BCUT2D eigenvalue weighted by molar-refractivity contribution is -0.114. The zero-order valence-corrected chi connectivity index (χ0v) is 12.2. The summed E-state index contributed by atoms with van der Waals surface area (Å²) in [5.74, 6) is -2.63. The van der Waals surface area contributed by atoms with Crippen molar-refractivity contribution < 1.29 is 18.4 Å². The van der Waals surface area contributed by atoms with Gasteiger partial charge < -0.3 is 4.90 Å². The lowest BCUT2D eigenvalue weighted by Crippen LogP contribution is -2.29. The molecule has 1 aliphatic heterocycles. The molecule has 0 saturated carbocycles. The first-order valence-electron chi connectivity index (χ1n) is 6.07. The molecule has 0 atom stereocenters. The highest BCUT2D eigenvalue weighted by atomic mass is 79.9. The Labute approximate surface area is 127 Å². The maximum atomic E-state index is 13.7. The van der Waals surface area contributed by atoms with Gasteiger partial charge in [-0.05, 0) is 46.3 Å². The molecule has 106 valence electrons. The first-order valence-corrected chi connectivity index (χ1v) is 6.87. The van der Waals surface area contributed by atoms with E-state index in [2.05, 4.69) is 15.9 Å². The lowest BCUT2D eigenvalue weighted by Gasteiger charge is -2.17. The number of carbonyl (C=O) groups excluding carboxylic acids is 2.